The zero-order valence-electron chi connectivity index (χ0n) is 13.3. The molecule has 8 heteroatoms. The fourth-order valence-corrected chi connectivity index (χ4v) is 1.44. The fourth-order valence-electron chi connectivity index (χ4n) is 1.44. The van der Waals surface area contributed by atoms with Crippen molar-refractivity contribution >= 4 is 17.9 Å². The number of rotatable bonds is 5. The Morgan fingerprint density at radius 3 is 1.96 bits per heavy atom. The number of nitrogens with two attached hydrogens (primary N) is 1. The summed E-state index contributed by atoms with van der Waals surface area (Å²) < 4.78 is 5.13. The molecule has 1 rings (SSSR count). The largest absolute Gasteiger partial charge is 0.473 e. The van der Waals surface area contributed by atoms with Crippen molar-refractivity contribution in [2.24, 2.45) is 11.7 Å². The van der Waals surface area contributed by atoms with E-state index in [1.165, 1.54) is 0 Å². The molecule has 1 aromatic rings. The summed E-state index contributed by atoms with van der Waals surface area (Å²) in [5, 5.41) is 14.8. The predicted molar refractivity (Wildman–Crippen MR) is 84.0 cm³/mol. The molecule has 0 aromatic heterocycles. The van der Waals surface area contributed by atoms with Crippen LogP contribution in [0, 0.1) is 5.92 Å². The van der Waals surface area contributed by atoms with Crippen LogP contribution in [-0.2, 0) is 25.7 Å². The Labute approximate surface area is 134 Å². The van der Waals surface area contributed by atoms with Crippen LogP contribution in [0.25, 0.3) is 0 Å². The molecular formula is C15H24N2O6. The summed E-state index contributed by atoms with van der Waals surface area (Å²) in [7, 11) is 0. The minimum Gasteiger partial charge on any atom is -0.473 e. The van der Waals surface area contributed by atoms with Gasteiger partial charge in [0.2, 0.25) is 0 Å². The van der Waals surface area contributed by atoms with E-state index in [-0.39, 0.29) is 12.1 Å². The van der Waals surface area contributed by atoms with Crippen molar-refractivity contribution in [2.75, 3.05) is 0 Å². The van der Waals surface area contributed by atoms with Crippen LogP contribution in [0.4, 0.5) is 0 Å². The van der Waals surface area contributed by atoms with Crippen molar-refractivity contribution in [3.05, 3.63) is 35.9 Å². The first-order valence-corrected chi connectivity index (χ1v) is 6.66. The fraction of sp³-hybridized carbons (Fsp3) is 0.400. The molecule has 7 N–H and O–H groups in total. The zero-order valence-corrected chi connectivity index (χ0v) is 13.3. The molecule has 0 heterocycles. The summed E-state index contributed by atoms with van der Waals surface area (Å²) in [6.45, 7) is 4.36. The van der Waals surface area contributed by atoms with Gasteiger partial charge in [0.25, 0.3) is 0 Å². The normalized spacial score (nSPS) is 10.6. The van der Waals surface area contributed by atoms with Crippen LogP contribution < -0.4 is 11.9 Å². The first-order chi connectivity index (χ1) is 10.2. The molecular weight excluding hydrogens is 304 g/mol. The lowest BCUT2D eigenvalue weighted by Crippen LogP contribution is -2.33. The standard InChI is InChI=1S/C13H19NO2.C2H2O4.H3N/c1-10(2)8-12(14)13(15)16-9-11-6-4-3-5-7-11;3-1(4)2(5)6;/h3-7,10,12H,8-9,14H2,1-2H3;(H,3,4)(H,5,6);1H3. The predicted octanol–water partition coefficient (Wildman–Crippen LogP) is 1.42. The topological polar surface area (TPSA) is 162 Å². The Hall–Kier alpha value is -2.45. The van der Waals surface area contributed by atoms with E-state index in [9.17, 15) is 4.79 Å². The maximum atomic E-state index is 11.5. The van der Waals surface area contributed by atoms with Gasteiger partial charge in [-0.15, -0.1) is 0 Å². The molecule has 0 aliphatic heterocycles. The van der Waals surface area contributed by atoms with Crippen molar-refractivity contribution in [3.8, 4) is 0 Å². The molecule has 1 unspecified atom stereocenters. The van der Waals surface area contributed by atoms with Gasteiger partial charge in [0, 0.05) is 0 Å². The van der Waals surface area contributed by atoms with E-state index in [1.54, 1.807) is 0 Å². The monoisotopic (exact) mass is 328 g/mol. The smallest absolute Gasteiger partial charge is 0.414 e. The molecule has 1 aromatic carbocycles. The van der Waals surface area contributed by atoms with Gasteiger partial charge in [-0.1, -0.05) is 44.2 Å². The van der Waals surface area contributed by atoms with Crippen LogP contribution in [0.5, 0.6) is 0 Å². The summed E-state index contributed by atoms with van der Waals surface area (Å²) in [6, 6.07) is 9.08. The number of hydrogen-bond donors (Lipinski definition) is 4. The highest BCUT2D eigenvalue weighted by molar-refractivity contribution is 6.27. The molecule has 130 valence electrons. The molecule has 0 saturated heterocycles. The second-order valence-corrected chi connectivity index (χ2v) is 4.94. The van der Waals surface area contributed by atoms with E-state index in [0.717, 1.165) is 5.56 Å². The minimum absolute atomic E-state index is 0. The third-order valence-electron chi connectivity index (χ3n) is 2.43. The number of ether oxygens (including phenoxy) is 1. The Morgan fingerprint density at radius 1 is 1.09 bits per heavy atom. The van der Waals surface area contributed by atoms with E-state index in [0.29, 0.717) is 18.9 Å². The lowest BCUT2D eigenvalue weighted by molar-refractivity contribution is -0.159. The van der Waals surface area contributed by atoms with Gasteiger partial charge in [-0.2, -0.15) is 0 Å². The lowest BCUT2D eigenvalue weighted by atomic mass is 10.1. The first kappa shape index (κ1) is 22.8. The Balaban J connectivity index is 0. The van der Waals surface area contributed by atoms with Crippen LogP contribution in [0.2, 0.25) is 0 Å². The van der Waals surface area contributed by atoms with Crippen LogP contribution in [0.1, 0.15) is 25.8 Å². The van der Waals surface area contributed by atoms with Crippen molar-refractivity contribution in [1.29, 1.82) is 0 Å². The van der Waals surface area contributed by atoms with E-state index < -0.39 is 18.0 Å². The highest BCUT2D eigenvalue weighted by atomic mass is 16.5. The molecule has 0 aliphatic rings. The van der Waals surface area contributed by atoms with Gasteiger partial charge in [0.1, 0.15) is 12.6 Å². The van der Waals surface area contributed by atoms with Crippen molar-refractivity contribution in [3.63, 3.8) is 0 Å². The summed E-state index contributed by atoms with van der Waals surface area (Å²) >= 11 is 0. The second-order valence-electron chi connectivity index (χ2n) is 4.94. The third kappa shape index (κ3) is 11.8. The van der Waals surface area contributed by atoms with Gasteiger partial charge in [0.15, 0.2) is 0 Å². The highest BCUT2D eigenvalue weighted by Gasteiger charge is 2.16. The summed E-state index contributed by atoms with van der Waals surface area (Å²) in [5.41, 5.74) is 6.69. The van der Waals surface area contributed by atoms with Gasteiger partial charge >= 0.3 is 17.9 Å². The molecule has 0 aliphatic carbocycles. The van der Waals surface area contributed by atoms with Crippen molar-refractivity contribution in [1.82, 2.24) is 6.15 Å². The van der Waals surface area contributed by atoms with Crippen LogP contribution in [0.3, 0.4) is 0 Å². The lowest BCUT2D eigenvalue weighted by Gasteiger charge is -2.13. The number of esters is 1. The average Bonchev–Trinajstić information content (AvgIpc) is 2.45. The van der Waals surface area contributed by atoms with E-state index in [4.69, 9.17) is 30.3 Å². The van der Waals surface area contributed by atoms with Gasteiger partial charge < -0.3 is 26.8 Å². The molecule has 0 saturated carbocycles. The molecule has 0 fully saturated rings. The molecule has 0 radical (unpaired) electrons. The average molecular weight is 328 g/mol. The van der Waals surface area contributed by atoms with E-state index in [1.807, 2.05) is 44.2 Å². The summed E-state index contributed by atoms with van der Waals surface area (Å²) in [5.74, 6) is -3.57. The number of hydrogen-bond acceptors (Lipinski definition) is 6. The molecule has 8 nitrogen and oxygen atoms in total. The van der Waals surface area contributed by atoms with E-state index in [2.05, 4.69) is 0 Å². The number of carbonyl (C=O) groups is 3. The molecule has 23 heavy (non-hydrogen) atoms. The van der Waals surface area contributed by atoms with Gasteiger partial charge in [-0.25, -0.2) is 9.59 Å². The Morgan fingerprint density at radius 2 is 1.57 bits per heavy atom. The maximum Gasteiger partial charge on any atom is 0.414 e. The van der Waals surface area contributed by atoms with Crippen LogP contribution in [0.15, 0.2) is 30.3 Å². The Bertz CT molecular complexity index is 478. The SMILES string of the molecule is CC(C)CC(N)C(=O)OCc1ccccc1.N.O=C(O)C(=O)O. The molecule has 0 amide bonds. The molecule has 0 spiro atoms. The molecule has 1 atom stereocenters. The quantitative estimate of drug-likeness (QED) is 0.466. The van der Waals surface area contributed by atoms with Gasteiger partial charge in [-0.05, 0) is 17.9 Å². The van der Waals surface area contributed by atoms with Gasteiger partial charge in [-0.3, -0.25) is 4.79 Å². The Kier molecular flexibility index (Phi) is 12.0. The van der Waals surface area contributed by atoms with E-state index >= 15 is 0 Å². The molecule has 0 bridgehead atoms. The van der Waals surface area contributed by atoms with Crippen molar-refractivity contribution < 1.29 is 29.3 Å². The maximum absolute atomic E-state index is 11.5. The first-order valence-electron chi connectivity index (χ1n) is 6.66. The highest BCUT2D eigenvalue weighted by Crippen LogP contribution is 2.06. The van der Waals surface area contributed by atoms with Crippen LogP contribution >= 0.6 is 0 Å². The number of benzene rings is 1. The number of carboxylic acid groups (broad SMARTS) is 2. The number of carbonyl (C=O) groups excluding carboxylic acids is 1. The number of aliphatic carboxylic acids is 2. The van der Waals surface area contributed by atoms with Crippen molar-refractivity contribution in [2.45, 2.75) is 32.9 Å². The van der Waals surface area contributed by atoms with Crippen LogP contribution in [-0.4, -0.2) is 34.2 Å². The number of carboxylic acids is 2. The summed E-state index contributed by atoms with van der Waals surface area (Å²) in [6.07, 6.45) is 0.660. The zero-order chi connectivity index (χ0) is 17.1. The van der Waals surface area contributed by atoms with Gasteiger partial charge in [0.05, 0.1) is 0 Å². The minimum atomic E-state index is -1.82. The second kappa shape index (κ2) is 12.1. The summed E-state index contributed by atoms with van der Waals surface area (Å²) in [4.78, 5) is 29.7. The third-order valence-corrected chi connectivity index (χ3v) is 2.43.